The molecule has 360 valence electrons. The summed E-state index contributed by atoms with van der Waals surface area (Å²) in [6, 6.07) is 0. The van der Waals surface area contributed by atoms with E-state index in [0.29, 0.717) is 10.8 Å². The van der Waals surface area contributed by atoms with Crippen molar-refractivity contribution in [3.63, 3.8) is 0 Å². The van der Waals surface area contributed by atoms with Crippen LogP contribution in [-0.4, -0.2) is 11.1 Å². The van der Waals surface area contributed by atoms with Crippen molar-refractivity contribution < 1.29 is 9.90 Å². The third-order valence-corrected chi connectivity index (χ3v) is 16.4. The number of hydrogen-bond acceptors (Lipinski definition) is 1. The monoisotopic (exact) mass is 845 g/mol. The molecule has 0 radical (unpaired) electrons. The van der Waals surface area contributed by atoms with Crippen molar-refractivity contribution in [2.45, 2.75) is 345 Å². The second-order valence-corrected chi connectivity index (χ2v) is 20.9. The van der Waals surface area contributed by atoms with Gasteiger partial charge in [0.1, 0.15) is 0 Å². The molecule has 0 aromatic rings. The molecule has 0 fully saturated rings. The maximum absolute atomic E-state index is 13.7. The molecule has 1 atom stereocenters. The molecule has 0 bridgehead atoms. The van der Waals surface area contributed by atoms with Crippen LogP contribution in [0.1, 0.15) is 345 Å². The second-order valence-electron chi connectivity index (χ2n) is 20.9. The Bertz CT molecular complexity index is 866. The number of carboxylic acids is 1. The van der Waals surface area contributed by atoms with Crippen LogP contribution in [0.4, 0.5) is 0 Å². The molecule has 0 rings (SSSR count). The van der Waals surface area contributed by atoms with Crippen molar-refractivity contribution in [1.29, 1.82) is 0 Å². The lowest BCUT2D eigenvalue weighted by Crippen LogP contribution is -2.54. The van der Waals surface area contributed by atoms with Crippen molar-refractivity contribution in [3.05, 3.63) is 0 Å². The first-order valence-corrected chi connectivity index (χ1v) is 28.4. The molecule has 1 N–H and O–H groups in total. The average Bonchev–Trinajstić information content (AvgIpc) is 3.25. The van der Waals surface area contributed by atoms with E-state index in [1.165, 1.54) is 244 Å². The highest BCUT2D eigenvalue weighted by Crippen LogP contribution is 2.68. The molecule has 0 aromatic carbocycles. The third kappa shape index (κ3) is 22.4. The Morgan fingerprint density at radius 3 is 0.783 bits per heavy atom. The Hall–Kier alpha value is -0.530. The first-order chi connectivity index (χ1) is 29.2. The van der Waals surface area contributed by atoms with Gasteiger partial charge in [0.15, 0.2) is 0 Å². The maximum Gasteiger partial charge on any atom is 0.309 e. The van der Waals surface area contributed by atoms with Gasteiger partial charge in [0.05, 0.1) is 5.41 Å². The van der Waals surface area contributed by atoms with Gasteiger partial charge in [-0.25, -0.2) is 0 Å². The first kappa shape index (κ1) is 59.5. The van der Waals surface area contributed by atoms with Gasteiger partial charge in [0, 0.05) is 0 Å². The maximum atomic E-state index is 13.7. The molecular formula is C58H116O2. The Balaban J connectivity index is 7.99. The molecule has 0 spiro atoms. The standard InChI is InChI=1S/C58H116O2/c1-10-19-27-35-44-55(54(59)60,45-36-28-20-11-2)46-43-51-56(18-9,47-37-29-21-12-3)58(52-41-33-25-16-7,53-42-34-26-17-8)57(48-38-30-22-13-4,49-39-31-23-14-5)50-40-32-24-15-6/h10-53H2,1-9H3,(H,59,60). The average molecular weight is 846 g/mol. The number of carboxylic acid groups (broad SMARTS) is 1. The van der Waals surface area contributed by atoms with Gasteiger partial charge in [0.2, 0.25) is 0 Å². The zero-order valence-corrected chi connectivity index (χ0v) is 43.5. The smallest absolute Gasteiger partial charge is 0.309 e. The second kappa shape index (κ2) is 38.9. The summed E-state index contributed by atoms with van der Waals surface area (Å²) in [5.41, 5.74) is 0.423. The summed E-state index contributed by atoms with van der Waals surface area (Å²) < 4.78 is 0. The molecule has 0 aliphatic rings. The van der Waals surface area contributed by atoms with Gasteiger partial charge in [-0.15, -0.1) is 0 Å². The number of rotatable bonds is 48. The van der Waals surface area contributed by atoms with E-state index >= 15 is 0 Å². The van der Waals surface area contributed by atoms with Gasteiger partial charge in [-0.2, -0.15) is 0 Å². The lowest BCUT2D eigenvalue weighted by atomic mass is 9.41. The number of aliphatic carboxylic acids is 1. The molecule has 0 heterocycles. The molecule has 1 unspecified atom stereocenters. The topological polar surface area (TPSA) is 37.3 Å². The zero-order valence-electron chi connectivity index (χ0n) is 43.5. The van der Waals surface area contributed by atoms with Gasteiger partial charge in [-0.3, -0.25) is 4.79 Å². The van der Waals surface area contributed by atoms with Gasteiger partial charge in [-0.1, -0.05) is 274 Å². The van der Waals surface area contributed by atoms with Crippen LogP contribution in [0.3, 0.4) is 0 Å². The van der Waals surface area contributed by atoms with E-state index < -0.39 is 11.4 Å². The van der Waals surface area contributed by atoms with Crippen molar-refractivity contribution in [1.82, 2.24) is 0 Å². The summed E-state index contributed by atoms with van der Waals surface area (Å²) in [4.78, 5) is 13.7. The van der Waals surface area contributed by atoms with E-state index in [1.54, 1.807) is 0 Å². The largest absolute Gasteiger partial charge is 0.481 e. The lowest BCUT2D eigenvalue weighted by Gasteiger charge is -2.63. The molecule has 0 saturated heterocycles. The molecule has 0 aromatic heterocycles. The fourth-order valence-corrected chi connectivity index (χ4v) is 12.6. The Kier molecular flexibility index (Phi) is 38.5. The minimum atomic E-state index is -0.550. The van der Waals surface area contributed by atoms with Gasteiger partial charge in [-0.05, 0) is 86.9 Å². The molecule has 0 aliphatic heterocycles. The minimum Gasteiger partial charge on any atom is -0.481 e. The van der Waals surface area contributed by atoms with E-state index in [2.05, 4.69) is 62.3 Å². The summed E-state index contributed by atoms with van der Waals surface area (Å²) in [6.45, 7) is 21.6. The highest BCUT2D eigenvalue weighted by molar-refractivity contribution is 5.74. The van der Waals surface area contributed by atoms with Crippen molar-refractivity contribution in [2.24, 2.45) is 21.7 Å². The Morgan fingerprint density at radius 2 is 0.517 bits per heavy atom. The zero-order chi connectivity index (χ0) is 44.7. The molecule has 0 aliphatic carbocycles. The fraction of sp³-hybridized carbons (Fsp3) is 0.983. The van der Waals surface area contributed by atoms with Crippen LogP contribution in [0.25, 0.3) is 0 Å². The first-order valence-electron chi connectivity index (χ1n) is 28.4. The molecule has 0 saturated carbocycles. The van der Waals surface area contributed by atoms with Crippen LogP contribution in [-0.2, 0) is 4.79 Å². The van der Waals surface area contributed by atoms with Crippen molar-refractivity contribution in [2.75, 3.05) is 0 Å². The summed E-state index contributed by atoms with van der Waals surface area (Å²) >= 11 is 0. The van der Waals surface area contributed by atoms with Crippen molar-refractivity contribution in [3.8, 4) is 0 Å². The van der Waals surface area contributed by atoms with Gasteiger partial charge >= 0.3 is 5.97 Å². The SMILES string of the molecule is CCCCCCC(CCCCCC)(CCCC(CC)(CCCCCC)C(CCCCCC)(CCCCCC)C(CCCCCC)(CCCCCC)CCCCCC)C(=O)O. The summed E-state index contributed by atoms with van der Waals surface area (Å²) in [6.07, 6.45) is 57.1. The fourth-order valence-electron chi connectivity index (χ4n) is 12.6. The van der Waals surface area contributed by atoms with E-state index in [4.69, 9.17) is 0 Å². The summed E-state index contributed by atoms with van der Waals surface area (Å²) in [5.74, 6) is -0.469. The Morgan fingerprint density at radius 1 is 0.283 bits per heavy atom. The van der Waals surface area contributed by atoms with Crippen LogP contribution in [0.2, 0.25) is 0 Å². The highest BCUT2D eigenvalue weighted by Gasteiger charge is 2.59. The quantitative estimate of drug-likeness (QED) is 0.0620. The predicted octanol–water partition coefficient (Wildman–Crippen LogP) is 21.4. The van der Waals surface area contributed by atoms with Crippen LogP contribution in [0.15, 0.2) is 0 Å². The van der Waals surface area contributed by atoms with E-state index in [-0.39, 0.29) is 5.41 Å². The predicted molar refractivity (Wildman–Crippen MR) is 272 cm³/mol. The number of hydrogen-bond donors (Lipinski definition) is 1. The molecule has 2 heteroatoms. The normalized spacial score (nSPS) is 13.6. The van der Waals surface area contributed by atoms with Crippen LogP contribution < -0.4 is 0 Å². The highest BCUT2D eigenvalue weighted by atomic mass is 16.4. The molecular weight excluding hydrogens is 729 g/mol. The van der Waals surface area contributed by atoms with Crippen molar-refractivity contribution >= 4 is 5.97 Å². The van der Waals surface area contributed by atoms with Crippen LogP contribution >= 0.6 is 0 Å². The van der Waals surface area contributed by atoms with E-state index in [9.17, 15) is 9.90 Å². The summed E-state index contributed by atoms with van der Waals surface area (Å²) in [5, 5.41) is 11.3. The van der Waals surface area contributed by atoms with E-state index in [0.717, 1.165) is 38.5 Å². The van der Waals surface area contributed by atoms with Crippen LogP contribution in [0.5, 0.6) is 0 Å². The molecule has 60 heavy (non-hydrogen) atoms. The minimum absolute atomic E-state index is 0.272. The molecule has 0 amide bonds. The summed E-state index contributed by atoms with van der Waals surface area (Å²) in [7, 11) is 0. The van der Waals surface area contributed by atoms with Gasteiger partial charge in [0.25, 0.3) is 0 Å². The lowest BCUT2D eigenvalue weighted by molar-refractivity contribution is -0.152. The number of carbonyl (C=O) groups is 1. The van der Waals surface area contributed by atoms with Crippen LogP contribution in [0, 0.1) is 21.7 Å². The Labute approximate surface area is 380 Å². The number of unbranched alkanes of at least 4 members (excludes halogenated alkanes) is 24. The molecule has 2 nitrogen and oxygen atoms in total. The third-order valence-electron chi connectivity index (χ3n) is 16.4. The van der Waals surface area contributed by atoms with E-state index in [1.807, 2.05) is 0 Å². The van der Waals surface area contributed by atoms with Gasteiger partial charge < -0.3 is 5.11 Å².